The number of allylic oxidation sites excluding steroid dienone is 3. The molecular weight excluding hydrogens is 573 g/mol. The van der Waals surface area contributed by atoms with E-state index >= 15 is 0 Å². The fourth-order valence-corrected chi connectivity index (χ4v) is 5.33. The van der Waals surface area contributed by atoms with Gasteiger partial charge in [-0.05, 0) is 54.8 Å². The van der Waals surface area contributed by atoms with Gasteiger partial charge in [0.15, 0.2) is 0 Å². The van der Waals surface area contributed by atoms with Gasteiger partial charge in [0.05, 0.1) is 21.8 Å². The van der Waals surface area contributed by atoms with Crippen molar-refractivity contribution in [3.05, 3.63) is 98.6 Å². The smallest absolute Gasteiger partial charge is 0.251 e. The first-order chi connectivity index (χ1) is 17.7. The number of hydrogen-bond acceptors (Lipinski definition) is 4. The minimum absolute atomic E-state index is 0.0886. The minimum atomic E-state index is -0.254. The van der Waals surface area contributed by atoms with Crippen LogP contribution in [0.25, 0.3) is 0 Å². The molecule has 37 heavy (non-hydrogen) atoms. The van der Waals surface area contributed by atoms with Crippen molar-refractivity contribution < 1.29 is 9.90 Å². The number of carbonyl (C=O) groups excluding carboxylic acids is 1. The van der Waals surface area contributed by atoms with Crippen LogP contribution in [0.15, 0.2) is 81.9 Å². The lowest BCUT2D eigenvalue weighted by atomic mass is 9.94. The predicted octanol–water partition coefficient (Wildman–Crippen LogP) is 7.17. The molecule has 0 bridgehead atoms. The fourth-order valence-electron chi connectivity index (χ4n) is 4.66. The monoisotopic (exact) mass is 605 g/mol. The first-order valence-corrected chi connectivity index (χ1v) is 14.0. The van der Waals surface area contributed by atoms with Gasteiger partial charge in [0.2, 0.25) is 0 Å². The molecule has 0 radical (unpaired) electrons. The van der Waals surface area contributed by atoms with Gasteiger partial charge >= 0.3 is 0 Å². The molecule has 1 unspecified atom stereocenters. The van der Waals surface area contributed by atoms with E-state index in [-0.39, 0.29) is 28.8 Å². The second-order valence-electron chi connectivity index (χ2n) is 9.05. The number of aromatic hydroxyl groups is 1. The Morgan fingerprint density at radius 2 is 1.81 bits per heavy atom. The Morgan fingerprint density at radius 3 is 2.41 bits per heavy atom. The summed E-state index contributed by atoms with van der Waals surface area (Å²) in [6.45, 7) is 14.5. The molecule has 0 aliphatic carbocycles. The van der Waals surface area contributed by atoms with E-state index in [9.17, 15) is 9.90 Å². The highest BCUT2D eigenvalue weighted by Gasteiger charge is 2.30. The van der Waals surface area contributed by atoms with Crippen LogP contribution < -0.4 is 5.32 Å². The van der Waals surface area contributed by atoms with Gasteiger partial charge in [-0.25, -0.2) is 0 Å². The fraction of sp³-hybridized carbons (Fsp3) is 0.345. The second kappa shape index (κ2) is 13.5. The molecule has 8 heteroatoms. The number of nitrogens with one attached hydrogen (secondary N) is 1. The topological polar surface area (TPSA) is 55.8 Å². The summed E-state index contributed by atoms with van der Waals surface area (Å²) in [4.78, 5) is 17.5. The molecule has 198 valence electrons. The molecule has 1 aliphatic heterocycles. The molecule has 1 amide bonds. The third kappa shape index (κ3) is 7.20. The number of rotatable bonds is 10. The molecule has 3 rings (SSSR count). The Bertz CT molecular complexity index is 1170. The van der Waals surface area contributed by atoms with Crippen molar-refractivity contribution >= 4 is 45.0 Å². The highest BCUT2D eigenvalue weighted by molar-refractivity contribution is 9.10. The van der Waals surface area contributed by atoms with Crippen molar-refractivity contribution in [2.45, 2.75) is 38.8 Å². The second-order valence-corrected chi connectivity index (χ2v) is 10.8. The largest absolute Gasteiger partial charge is 0.508 e. The summed E-state index contributed by atoms with van der Waals surface area (Å²) in [6, 6.07) is 13.0. The minimum Gasteiger partial charge on any atom is -0.508 e. The number of nitrogens with zero attached hydrogens (tertiary/aromatic N) is 2. The van der Waals surface area contributed by atoms with Gasteiger partial charge in [0, 0.05) is 47.8 Å². The summed E-state index contributed by atoms with van der Waals surface area (Å²) in [7, 11) is 0. The number of carbonyl (C=O) groups is 1. The maximum atomic E-state index is 13.0. The van der Waals surface area contributed by atoms with Gasteiger partial charge in [0.25, 0.3) is 5.91 Å². The van der Waals surface area contributed by atoms with Crippen LogP contribution >= 0.6 is 39.1 Å². The summed E-state index contributed by atoms with van der Waals surface area (Å²) in [5, 5.41) is 14.7. The lowest BCUT2D eigenvalue weighted by Gasteiger charge is -2.41. The van der Waals surface area contributed by atoms with Crippen molar-refractivity contribution in [3.8, 4) is 5.75 Å². The number of benzene rings is 2. The lowest BCUT2D eigenvalue weighted by Crippen LogP contribution is -2.47. The van der Waals surface area contributed by atoms with Crippen LogP contribution in [-0.2, 0) is 0 Å². The van der Waals surface area contributed by atoms with E-state index in [0.717, 1.165) is 34.1 Å². The maximum absolute atomic E-state index is 13.0. The molecule has 1 fully saturated rings. The first kappa shape index (κ1) is 29.3. The summed E-state index contributed by atoms with van der Waals surface area (Å²) < 4.78 is 0.871. The van der Waals surface area contributed by atoms with Gasteiger partial charge in [-0.3, -0.25) is 9.69 Å². The van der Waals surface area contributed by atoms with E-state index in [1.54, 1.807) is 12.1 Å². The van der Waals surface area contributed by atoms with Crippen LogP contribution in [0, 0.1) is 0 Å². The van der Waals surface area contributed by atoms with Crippen molar-refractivity contribution in [1.29, 1.82) is 0 Å². The zero-order valence-electron chi connectivity index (χ0n) is 21.3. The molecule has 1 heterocycles. The summed E-state index contributed by atoms with van der Waals surface area (Å²) in [6.07, 6.45) is 3.46. The van der Waals surface area contributed by atoms with Crippen LogP contribution in [-0.4, -0.2) is 53.0 Å². The Kier molecular flexibility index (Phi) is 10.7. The van der Waals surface area contributed by atoms with Crippen molar-refractivity contribution in [3.63, 3.8) is 0 Å². The number of halogens is 3. The molecule has 1 aliphatic rings. The standard InChI is InChI=1S/C29H34BrCl2N3O2/c1-5-23(6-2)33-29(37)21-10-8-9-20(17-21)28(24-18-22(30)11-12-26(24)36)35-15-13-34(14-16-35)25(7-3)27(32)19(4)31/h7-12,17-18,23,28,36H,3-6,13-16H2,1-2H3,(H,33,37)/b27-25-. The SMILES string of the molecule is C=C/C(=C(/Cl)C(=C)Cl)N1CCN(C(c2cccc(C(=O)NC(CC)CC)c2)c2cc(Br)ccc2O)CC1. The number of piperazine rings is 1. The molecule has 5 nitrogen and oxygen atoms in total. The third-order valence-corrected chi connectivity index (χ3v) is 7.95. The van der Waals surface area contributed by atoms with E-state index in [2.05, 4.69) is 58.1 Å². The first-order valence-electron chi connectivity index (χ1n) is 12.4. The zero-order valence-corrected chi connectivity index (χ0v) is 24.4. The van der Waals surface area contributed by atoms with Gasteiger partial charge < -0.3 is 15.3 Å². The Morgan fingerprint density at radius 1 is 1.14 bits per heavy atom. The van der Waals surface area contributed by atoms with Gasteiger partial charge in [-0.1, -0.05) is 78.3 Å². The molecule has 2 aromatic carbocycles. The van der Waals surface area contributed by atoms with E-state index in [1.807, 2.05) is 36.4 Å². The van der Waals surface area contributed by atoms with Crippen molar-refractivity contribution in [2.75, 3.05) is 26.2 Å². The van der Waals surface area contributed by atoms with Crippen molar-refractivity contribution in [2.24, 2.45) is 0 Å². The maximum Gasteiger partial charge on any atom is 0.251 e. The van der Waals surface area contributed by atoms with Crippen LogP contribution in [0.5, 0.6) is 5.75 Å². The van der Waals surface area contributed by atoms with Crippen LogP contribution in [0.4, 0.5) is 0 Å². The lowest BCUT2D eigenvalue weighted by molar-refractivity contribution is 0.0934. The molecule has 2 aromatic rings. The van der Waals surface area contributed by atoms with E-state index in [0.29, 0.717) is 36.8 Å². The molecule has 0 saturated carbocycles. The number of hydrogen-bond donors (Lipinski definition) is 2. The molecule has 2 N–H and O–H groups in total. The van der Waals surface area contributed by atoms with Gasteiger partial charge in [-0.2, -0.15) is 0 Å². The molecule has 1 atom stereocenters. The van der Waals surface area contributed by atoms with Crippen LogP contribution in [0.3, 0.4) is 0 Å². The normalized spacial score (nSPS) is 15.8. The summed E-state index contributed by atoms with van der Waals surface area (Å²) >= 11 is 16.0. The molecule has 0 spiro atoms. The Balaban J connectivity index is 1.96. The third-order valence-electron chi connectivity index (χ3n) is 6.75. The molecular formula is C29H34BrCl2N3O2. The average Bonchev–Trinajstić information content (AvgIpc) is 2.90. The molecule has 0 aromatic heterocycles. The Hall–Kier alpha value is -2.25. The van der Waals surface area contributed by atoms with E-state index in [4.69, 9.17) is 23.2 Å². The zero-order chi connectivity index (χ0) is 27.1. The summed E-state index contributed by atoms with van der Waals surface area (Å²) in [5.41, 5.74) is 3.06. The van der Waals surface area contributed by atoms with Gasteiger partial charge in [-0.15, -0.1) is 0 Å². The predicted molar refractivity (Wildman–Crippen MR) is 157 cm³/mol. The van der Waals surface area contributed by atoms with Crippen LogP contribution in [0.2, 0.25) is 0 Å². The average molecular weight is 607 g/mol. The Labute approximate surface area is 238 Å². The van der Waals surface area contributed by atoms with E-state index < -0.39 is 0 Å². The molecule has 1 saturated heterocycles. The highest BCUT2D eigenvalue weighted by Crippen LogP contribution is 2.37. The number of phenolic OH excluding ortho intramolecular Hbond substituents is 1. The van der Waals surface area contributed by atoms with E-state index in [1.165, 1.54) is 0 Å². The van der Waals surface area contributed by atoms with Crippen molar-refractivity contribution in [1.82, 2.24) is 15.1 Å². The number of amides is 1. The van der Waals surface area contributed by atoms with Crippen LogP contribution in [0.1, 0.15) is 54.2 Å². The summed E-state index contributed by atoms with van der Waals surface area (Å²) in [5.74, 6) is 0.116. The highest BCUT2D eigenvalue weighted by atomic mass is 79.9. The van der Waals surface area contributed by atoms with Gasteiger partial charge in [0.1, 0.15) is 5.75 Å². The number of phenols is 1. The quantitative estimate of drug-likeness (QED) is 0.282.